The molecular formula is C16H15NO4. The Morgan fingerprint density at radius 1 is 1.00 bits per heavy atom. The van der Waals surface area contributed by atoms with Crippen LogP contribution in [0.1, 0.15) is 10.4 Å². The number of carbonyl (C=O) groups is 2. The molecule has 0 spiro atoms. The standard InChI is InChI=1S/C16H15NO4/c1-20-14-10-6-5-9-13(14)16(19)21-11-15(18)17-12-7-3-2-4-8-12/h2-10H,11H2,1H3,(H,17,18). The minimum atomic E-state index is -0.601. The molecule has 2 rings (SSSR count). The average Bonchev–Trinajstić information content (AvgIpc) is 2.53. The van der Waals surface area contributed by atoms with Crippen LogP contribution in [0.4, 0.5) is 5.69 Å². The smallest absolute Gasteiger partial charge is 0.342 e. The summed E-state index contributed by atoms with van der Waals surface area (Å²) in [6.07, 6.45) is 0. The zero-order chi connectivity index (χ0) is 15.1. The van der Waals surface area contributed by atoms with Crippen LogP contribution in [0, 0.1) is 0 Å². The molecule has 0 heterocycles. The van der Waals surface area contributed by atoms with Crippen molar-refractivity contribution in [3.05, 3.63) is 60.2 Å². The van der Waals surface area contributed by atoms with E-state index < -0.39 is 11.9 Å². The second-order valence-corrected chi connectivity index (χ2v) is 4.19. The fraction of sp³-hybridized carbons (Fsp3) is 0.125. The number of carbonyl (C=O) groups excluding carboxylic acids is 2. The van der Waals surface area contributed by atoms with Gasteiger partial charge in [-0.2, -0.15) is 0 Å². The number of rotatable bonds is 5. The largest absolute Gasteiger partial charge is 0.496 e. The van der Waals surface area contributed by atoms with E-state index in [1.54, 1.807) is 48.5 Å². The van der Waals surface area contributed by atoms with Crippen LogP contribution in [0.25, 0.3) is 0 Å². The van der Waals surface area contributed by atoms with E-state index in [-0.39, 0.29) is 12.2 Å². The highest BCUT2D eigenvalue weighted by molar-refractivity contribution is 5.96. The number of methoxy groups -OCH3 is 1. The van der Waals surface area contributed by atoms with Crippen molar-refractivity contribution in [2.45, 2.75) is 0 Å². The summed E-state index contributed by atoms with van der Waals surface area (Å²) in [5.41, 5.74) is 0.934. The molecule has 5 nitrogen and oxygen atoms in total. The van der Waals surface area contributed by atoms with Gasteiger partial charge in [0.15, 0.2) is 6.61 Å². The van der Waals surface area contributed by atoms with Crippen molar-refractivity contribution in [3.63, 3.8) is 0 Å². The minimum Gasteiger partial charge on any atom is -0.496 e. The molecule has 0 atom stereocenters. The first-order valence-electron chi connectivity index (χ1n) is 6.36. The van der Waals surface area contributed by atoms with Crippen LogP contribution in [-0.4, -0.2) is 25.6 Å². The number of hydrogen-bond acceptors (Lipinski definition) is 4. The van der Waals surface area contributed by atoms with Crippen molar-refractivity contribution in [3.8, 4) is 5.75 Å². The van der Waals surface area contributed by atoms with Crippen LogP contribution in [0.2, 0.25) is 0 Å². The quantitative estimate of drug-likeness (QED) is 0.857. The van der Waals surface area contributed by atoms with Crippen LogP contribution >= 0.6 is 0 Å². The molecule has 1 amide bonds. The van der Waals surface area contributed by atoms with Gasteiger partial charge in [-0.15, -0.1) is 0 Å². The van der Waals surface area contributed by atoms with Crippen LogP contribution in [-0.2, 0) is 9.53 Å². The Morgan fingerprint density at radius 3 is 2.38 bits per heavy atom. The summed E-state index contributed by atoms with van der Waals surface area (Å²) in [7, 11) is 1.47. The SMILES string of the molecule is COc1ccccc1C(=O)OCC(=O)Nc1ccccc1. The van der Waals surface area contributed by atoms with E-state index in [4.69, 9.17) is 9.47 Å². The molecule has 0 unspecified atom stereocenters. The lowest BCUT2D eigenvalue weighted by Crippen LogP contribution is -2.21. The minimum absolute atomic E-state index is 0.285. The molecule has 0 aliphatic heterocycles. The summed E-state index contributed by atoms with van der Waals surface area (Å²) in [5.74, 6) is -0.592. The molecule has 2 aromatic rings. The van der Waals surface area contributed by atoms with Gasteiger partial charge >= 0.3 is 5.97 Å². The Hall–Kier alpha value is -2.82. The van der Waals surface area contributed by atoms with Crippen molar-refractivity contribution in [2.75, 3.05) is 19.0 Å². The lowest BCUT2D eigenvalue weighted by molar-refractivity contribution is -0.119. The predicted octanol–water partition coefficient (Wildman–Crippen LogP) is 2.49. The zero-order valence-electron chi connectivity index (χ0n) is 11.5. The van der Waals surface area contributed by atoms with Gasteiger partial charge in [0.25, 0.3) is 5.91 Å². The Kier molecular flexibility index (Phi) is 4.93. The third-order valence-electron chi connectivity index (χ3n) is 2.72. The van der Waals surface area contributed by atoms with Gasteiger partial charge in [-0.3, -0.25) is 4.79 Å². The molecule has 2 aromatic carbocycles. The van der Waals surface area contributed by atoms with Crippen LogP contribution in [0.15, 0.2) is 54.6 Å². The van der Waals surface area contributed by atoms with Crippen molar-refractivity contribution < 1.29 is 19.1 Å². The number of para-hydroxylation sites is 2. The van der Waals surface area contributed by atoms with Crippen molar-refractivity contribution in [1.29, 1.82) is 0 Å². The Balaban J connectivity index is 1.90. The highest BCUT2D eigenvalue weighted by Crippen LogP contribution is 2.18. The number of ether oxygens (including phenoxy) is 2. The maximum Gasteiger partial charge on any atom is 0.342 e. The van der Waals surface area contributed by atoms with E-state index in [0.29, 0.717) is 11.4 Å². The molecule has 0 aliphatic carbocycles. The first kappa shape index (κ1) is 14.6. The Bertz CT molecular complexity index is 625. The van der Waals surface area contributed by atoms with Gasteiger partial charge in [-0.1, -0.05) is 30.3 Å². The Labute approximate surface area is 122 Å². The zero-order valence-corrected chi connectivity index (χ0v) is 11.5. The van der Waals surface area contributed by atoms with Gasteiger partial charge in [-0.25, -0.2) is 4.79 Å². The fourth-order valence-corrected chi connectivity index (χ4v) is 1.74. The molecule has 1 N–H and O–H groups in total. The molecule has 0 radical (unpaired) electrons. The third kappa shape index (κ3) is 4.07. The summed E-state index contributed by atoms with van der Waals surface area (Å²) in [5, 5.41) is 2.63. The van der Waals surface area contributed by atoms with Crippen LogP contribution in [0.3, 0.4) is 0 Å². The first-order chi connectivity index (χ1) is 10.2. The van der Waals surface area contributed by atoms with Gasteiger partial charge in [-0.05, 0) is 24.3 Å². The molecule has 0 aliphatic rings. The molecule has 5 heteroatoms. The fourth-order valence-electron chi connectivity index (χ4n) is 1.74. The van der Waals surface area contributed by atoms with E-state index in [2.05, 4.69) is 5.32 Å². The first-order valence-corrected chi connectivity index (χ1v) is 6.36. The van der Waals surface area contributed by atoms with Crippen molar-refractivity contribution in [2.24, 2.45) is 0 Å². The van der Waals surface area contributed by atoms with E-state index >= 15 is 0 Å². The van der Waals surface area contributed by atoms with Crippen LogP contribution < -0.4 is 10.1 Å². The topological polar surface area (TPSA) is 64.6 Å². The number of anilines is 1. The van der Waals surface area contributed by atoms with Gasteiger partial charge in [0.1, 0.15) is 11.3 Å². The normalized spacial score (nSPS) is 9.76. The van der Waals surface area contributed by atoms with E-state index in [9.17, 15) is 9.59 Å². The number of benzene rings is 2. The van der Waals surface area contributed by atoms with Gasteiger partial charge in [0.2, 0.25) is 0 Å². The van der Waals surface area contributed by atoms with Crippen molar-refractivity contribution in [1.82, 2.24) is 0 Å². The second kappa shape index (κ2) is 7.09. The van der Waals surface area contributed by atoms with Crippen molar-refractivity contribution >= 4 is 17.6 Å². The summed E-state index contributed by atoms with van der Waals surface area (Å²) >= 11 is 0. The maximum atomic E-state index is 11.9. The van der Waals surface area contributed by atoms with Crippen LogP contribution in [0.5, 0.6) is 5.75 Å². The average molecular weight is 285 g/mol. The third-order valence-corrected chi connectivity index (χ3v) is 2.72. The van der Waals surface area contributed by atoms with E-state index in [1.807, 2.05) is 6.07 Å². The Morgan fingerprint density at radius 2 is 1.67 bits per heavy atom. The lowest BCUT2D eigenvalue weighted by Gasteiger charge is -2.09. The maximum absolute atomic E-state index is 11.9. The molecule has 0 aromatic heterocycles. The highest BCUT2D eigenvalue weighted by atomic mass is 16.5. The van der Waals surface area contributed by atoms with E-state index in [1.165, 1.54) is 7.11 Å². The molecule has 0 saturated carbocycles. The summed E-state index contributed by atoms with van der Waals surface area (Å²) in [6, 6.07) is 15.6. The predicted molar refractivity (Wildman–Crippen MR) is 78.3 cm³/mol. The molecular weight excluding hydrogens is 270 g/mol. The molecule has 108 valence electrons. The van der Waals surface area contributed by atoms with Gasteiger partial charge in [0.05, 0.1) is 7.11 Å². The van der Waals surface area contributed by atoms with E-state index in [0.717, 1.165) is 0 Å². The molecule has 21 heavy (non-hydrogen) atoms. The number of hydrogen-bond donors (Lipinski definition) is 1. The number of amides is 1. The molecule has 0 saturated heterocycles. The number of nitrogens with one attached hydrogen (secondary N) is 1. The number of esters is 1. The summed E-state index contributed by atoms with van der Waals surface area (Å²) < 4.78 is 10.0. The van der Waals surface area contributed by atoms with Gasteiger partial charge in [0, 0.05) is 5.69 Å². The highest BCUT2D eigenvalue weighted by Gasteiger charge is 2.14. The monoisotopic (exact) mass is 285 g/mol. The lowest BCUT2D eigenvalue weighted by atomic mass is 10.2. The summed E-state index contributed by atoms with van der Waals surface area (Å²) in [6.45, 7) is -0.355. The molecule has 0 fully saturated rings. The second-order valence-electron chi connectivity index (χ2n) is 4.19. The van der Waals surface area contributed by atoms with Gasteiger partial charge < -0.3 is 14.8 Å². The molecule has 0 bridgehead atoms. The summed E-state index contributed by atoms with van der Waals surface area (Å²) in [4.78, 5) is 23.6.